The fourth-order valence-electron chi connectivity index (χ4n) is 1.91. The molecule has 3 N–H and O–H groups in total. The van der Waals surface area contributed by atoms with E-state index in [0.717, 1.165) is 24.1 Å². The maximum absolute atomic E-state index is 11.0. The van der Waals surface area contributed by atoms with Gasteiger partial charge in [0.1, 0.15) is 5.75 Å². The first-order valence-corrected chi connectivity index (χ1v) is 8.23. The molecule has 0 spiro atoms. The molecule has 0 aliphatic rings. The zero-order chi connectivity index (χ0) is 15.9. The van der Waals surface area contributed by atoms with Crippen LogP contribution in [0.1, 0.15) is 35.5 Å². The van der Waals surface area contributed by atoms with Crippen molar-refractivity contribution in [1.29, 1.82) is 0 Å². The lowest BCUT2D eigenvalue weighted by Crippen LogP contribution is -2.15. The Morgan fingerprint density at radius 1 is 1.23 bits per heavy atom. The third kappa shape index (κ3) is 5.16. The number of amides is 1. The Labute approximate surface area is 135 Å². The summed E-state index contributed by atoms with van der Waals surface area (Å²) in [5.74, 6) is 0.988. The predicted octanol–water partition coefficient (Wildman–Crippen LogP) is 3.78. The van der Waals surface area contributed by atoms with Crippen molar-refractivity contribution in [1.82, 2.24) is 5.32 Å². The standard InChI is InChI=1S/C17H22N2O2S/c1-12(2)9-10-19-11-15-7-8-16(22-15)21-14-5-3-13(4-6-14)17(18)20/h3-8,12,19H,9-11H2,1-2H3,(H2,18,20). The first-order chi connectivity index (χ1) is 10.5. The molecule has 22 heavy (non-hydrogen) atoms. The minimum Gasteiger partial charge on any atom is -0.447 e. The molecule has 0 bridgehead atoms. The summed E-state index contributed by atoms with van der Waals surface area (Å²) in [4.78, 5) is 12.3. The molecule has 0 saturated carbocycles. The van der Waals surface area contributed by atoms with E-state index in [2.05, 4.69) is 25.2 Å². The number of carbonyl (C=O) groups is 1. The van der Waals surface area contributed by atoms with Crippen molar-refractivity contribution in [3.63, 3.8) is 0 Å². The highest BCUT2D eigenvalue weighted by Gasteiger charge is 2.04. The Balaban J connectivity index is 1.85. The number of benzene rings is 1. The fourth-order valence-corrected chi connectivity index (χ4v) is 2.76. The molecule has 118 valence electrons. The minimum absolute atomic E-state index is 0.433. The van der Waals surface area contributed by atoms with Gasteiger partial charge in [-0.3, -0.25) is 4.79 Å². The van der Waals surface area contributed by atoms with E-state index < -0.39 is 5.91 Å². The van der Waals surface area contributed by atoms with E-state index in [4.69, 9.17) is 10.5 Å². The molecule has 1 amide bonds. The van der Waals surface area contributed by atoms with Crippen molar-refractivity contribution in [2.45, 2.75) is 26.8 Å². The number of nitrogens with one attached hydrogen (secondary N) is 1. The molecule has 1 heterocycles. The summed E-state index contributed by atoms with van der Waals surface area (Å²) in [7, 11) is 0. The van der Waals surface area contributed by atoms with E-state index in [0.29, 0.717) is 11.3 Å². The first-order valence-electron chi connectivity index (χ1n) is 7.41. The van der Waals surface area contributed by atoms with E-state index in [1.807, 2.05) is 6.07 Å². The smallest absolute Gasteiger partial charge is 0.248 e. The number of nitrogens with two attached hydrogens (primary N) is 1. The third-order valence-electron chi connectivity index (χ3n) is 3.19. The Morgan fingerprint density at radius 3 is 2.59 bits per heavy atom. The molecule has 5 heteroatoms. The summed E-state index contributed by atoms with van der Waals surface area (Å²) < 4.78 is 5.78. The van der Waals surface area contributed by atoms with Gasteiger partial charge in [0, 0.05) is 17.0 Å². The number of thiophene rings is 1. The van der Waals surface area contributed by atoms with Crippen molar-refractivity contribution in [2.24, 2.45) is 11.7 Å². The van der Waals surface area contributed by atoms with Crippen molar-refractivity contribution in [2.75, 3.05) is 6.54 Å². The Bertz CT molecular complexity index is 605. The zero-order valence-corrected chi connectivity index (χ0v) is 13.8. The van der Waals surface area contributed by atoms with Crippen molar-refractivity contribution < 1.29 is 9.53 Å². The van der Waals surface area contributed by atoms with Gasteiger partial charge in [0.15, 0.2) is 5.06 Å². The summed E-state index contributed by atoms with van der Waals surface area (Å²) in [5, 5.41) is 4.27. The summed E-state index contributed by atoms with van der Waals surface area (Å²) in [6.45, 7) is 6.34. The monoisotopic (exact) mass is 318 g/mol. The molecule has 1 aromatic heterocycles. The second-order valence-electron chi connectivity index (χ2n) is 5.57. The summed E-state index contributed by atoms with van der Waals surface area (Å²) in [6.07, 6.45) is 1.18. The lowest BCUT2D eigenvalue weighted by atomic mass is 10.1. The van der Waals surface area contributed by atoms with Gasteiger partial charge >= 0.3 is 0 Å². The van der Waals surface area contributed by atoms with Gasteiger partial charge < -0.3 is 15.8 Å². The molecular formula is C17H22N2O2S. The largest absolute Gasteiger partial charge is 0.447 e. The summed E-state index contributed by atoms with van der Waals surface area (Å²) >= 11 is 1.62. The lowest BCUT2D eigenvalue weighted by molar-refractivity contribution is 0.100. The lowest BCUT2D eigenvalue weighted by Gasteiger charge is -2.05. The van der Waals surface area contributed by atoms with Crippen molar-refractivity contribution in [3.05, 3.63) is 46.8 Å². The van der Waals surface area contributed by atoms with Crippen molar-refractivity contribution in [3.8, 4) is 10.8 Å². The maximum atomic E-state index is 11.0. The van der Waals surface area contributed by atoms with Crippen LogP contribution in [0.4, 0.5) is 0 Å². The molecule has 0 aliphatic heterocycles. The molecule has 0 fully saturated rings. The number of carbonyl (C=O) groups excluding carboxylic acids is 1. The second kappa shape index (κ2) is 7.96. The molecule has 1 aromatic carbocycles. The number of ether oxygens (including phenoxy) is 1. The molecule has 2 rings (SSSR count). The molecule has 2 aromatic rings. The van der Waals surface area contributed by atoms with Crippen LogP contribution in [0.25, 0.3) is 0 Å². The quantitative estimate of drug-likeness (QED) is 0.728. The molecule has 0 radical (unpaired) electrons. The van der Waals surface area contributed by atoms with Gasteiger partial charge in [-0.25, -0.2) is 0 Å². The van der Waals surface area contributed by atoms with Gasteiger partial charge in [0.05, 0.1) is 0 Å². The van der Waals surface area contributed by atoms with E-state index in [-0.39, 0.29) is 0 Å². The van der Waals surface area contributed by atoms with Crippen LogP contribution in [0.2, 0.25) is 0 Å². The van der Waals surface area contributed by atoms with E-state index in [1.54, 1.807) is 35.6 Å². The molecule has 4 nitrogen and oxygen atoms in total. The topological polar surface area (TPSA) is 64.3 Å². The molecule has 0 atom stereocenters. The SMILES string of the molecule is CC(C)CCNCc1ccc(Oc2ccc(C(N)=O)cc2)s1. The highest BCUT2D eigenvalue weighted by molar-refractivity contribution is 7.13. The van der Waals surface area contributed by atoms with Crippen LogP contribution < -0.4 is 15.8 Å². The van der Waals surface area contributed by atoms with Gasteiger partial charge in [-0.15, -0.1) is 11.3 Å². The maximum Gasteiger partial charge on any atom is 0.248 e. The van der Waals surface area contributed by atoms with Gasteiger partial charge in [0.25, 0.3) is 0 Å². The fraction of sp³-hybridized carbons (Fsp3) is 0.353. The highest BCUT2D eigenvalue weighted by atomic mass is 32.1. The van der Waals surface area contributed by atoms with Gasteiger partial charge in [0.2, 0.25) is 5.91 Å². The van der Waals surface area contributed by atoms with Crippen LogP contribution in [-0.2, 0) is 6.54 Å². The Kier molecular flexibility index (Phi) is 5.98. The minimum atomic E-state index is -0.433. The zero-order valence-electron chi connectivity index (χ0n) is 13.0. The van der Waals surface area contributed by atoms with Gasteiger partial charge in [-0.1, -0.05) is 13.8 Å². The Hall–Kier alpha value is -1.85. The number of rotatable bonds is 8. The molecule has 0 aliphatic carbocycles. The number of hydrogen-bond donors (Lipinski definition) is 2. The molecule has 0 unspecified atom stereocenters. The van der Waals surface area contributed by atoms with E-state index >= 15 is 0 Å². The second-order valence-corrected chi connectivity index (χ2v) is 6.70. The number of primary amides is 1. The van der Waals surface area contributed by atoms with Crippen LogP contribution in [0, 0.1) is 5.92 Å². The first kappa shape index (κ1) is 16.5. The van der Waals surface area contributed by atoms with Gasteiger partial charge in [-0.05, 0) is 55.3 Å². The van der Waals surface area contributed by atoms with Crippen LogP contribution in [0.5, 0.6) is 10.8 Å². The van der Waals surface area contributed by atoms with Crippen LogP contribution in [0.3, 0.4) is 0 Å². The molecular weight excluding hydrogens is 296 g/mol. The number of hydrogen-bond acceptors (Lipinski definition) is 4. The highest BCUT2D eigenvalue weighted by Crippen LogP contribution is 2.29. The molecule has 0 saturated heterocycles. The van der Waals surface area contributed by atoms with Crippen LogP contribution in [-0.4, -0.2) is 12.5 Å². The Morgan fingerprint density at radius 2 is 1.95 bits per heavy atom. The van der Waals surface area contributed by atoms with Gasteiger partial charge in [-0.2, -0.15) is 0 Å². The predicted molar refractivity (Wildman–Crippen MR) is 90.5 cm³/mol. The summed E-state index contributed by atoms with van der Waals surface area (Å²) in [5.41, 5.74) is 5.69. The third-order valence-corrected chi connectivity index (χ3v) is 4.16. The van der Waals surface area contributed by atoms with Crippen LogP contribution >= 0.6 is 11.3 Å². The average molecular weight is 318 g/mol. The van der Waals surface area contributed by atoms with E-state index in [9.17, 15) is 4.79 Å². The van der Waals surface area contributed by atoms with Crippen molar-refractivity contribution >= 4 is 17.2 Å². The van der Waals surface area contributed by atoms with E-state index in [1.165, 1.54) is 11.3 Å². The average Bonchev–Trinajstić information content (AvgIpc) is 2.91. The van der Waals surface area contributed by atoms with Crippen LogP contribution in [0.15, 0.2) is 36.4 Å². The normalized spacial score (nSPS) is 10.9. The summed E-state index contributed by atoms with van der Waals surface area (Å²) in [6, 6.07) is 10.9.